The van der Waals surface area contributed by atoms with E-state index in [9.17, 15) is 0 Å². The first kappa shape index (κ1) is 6.52. The van der Waals surface area contributed by atoms with E-state index in [0.29, 0.717) is 0 Å². The van der Waals surface area contributed by atoms with Crippen molar-refractivity contribution < 1.29 is 0 Å². The summed E-state index contributed by atoms with van der Waals surface area (Å²) in [7, 11) is 0.948. The first-order valence-corrected chi connectivity index (χ1v) is 3.23. The highest BCUT2D eigenvalue weighted by Gasteiger charge is 1.57. The number of hydrogen-bond acceptors (Lipinski definition) is 0. The maximum Gasteiger partial charge on any atom is -0.0454 e. The van der Waals surface area contributed by atoms with Crippen LogP contribution in [-0.4, -0.2) is 0 Å². The van der Waals surface area contributed by atoms with Crippen molar-refractivity contribution in [3.8, 4) is 0 Å². The molecule has 0 radical (unpaired) electrons. The van der Waals surface area contributed by atoms with Crippen LogP contribution in [0.25, 0.3) is 0 Å². The molecule has 7 heavy (non-hydrogen) atoms. The Bertz CT molecular complexity index is 71.1. The van der Waals surface area contributed by atoms with Gasteiger partial charge in [-0.1, -0.05) is 12.1 Å². The Morgan fingerprint density at radius 2 is 1.43 bits per heavy atom. The fourth-order valence-corrected chi connectivity index (χ4v) is 0.833. The predicted molar refractivity (Wildman–Crippen MR) is 37.2 cm³/mol. The molecule has 1 rings (SSSR count). The van der Waals surface area contributed by atoms with Gasteiger partial charge in [0.1, 0.15) is 0 Å². The second kappa shape index (κ2) is 5.52. The minimum absolute atomic E-state index is 0.948. The first-order chi connectivity index (χ1) is 3.50. The first-order valence-electron chi connectivity index (χ1n) is 2.08. The SMILES string of the molecule is C=C.c1cc[pH]c1. The summed E-state index contributed by atoms with van der Waals surface area (Å²) in [6.45, 7) is 6.00. The van der Waals surface area contributed by atoms with Crippen LogP contribution in [0, 0.1) is 0 Å². The molecular weight excluding hydrogens is 103 g/mol. The Labute approximate surface area is 46.0 Å². The molecule has 0 aliphatic heterocycles. The molecule has 0 saturated carbocycles. The third-order valence-electron chi connectivity index (χ3n) is 0.496. The Morgan fingerprint density at radius 3 is 1.57 bits per heavy atom. The maximum absolute atomic E-state index is 3.00. The number of hydrogen-bond donors (Lipinski definition) is 0. The van der Waals surface area contributed by atoms with Crippen molar-refractivity contribution >= 4 is 8.19 Å². The van der Waals surface area contributed by atoms with E-state index in [1.807, 2.05) is 0 Å². The molecule has 0 atom stereocenters. The Balaban J connectivity index is 0.000000162. The predicted octanol–water partition coefficient (Wildman–Crippen LogP) is 2.52. The van der Waals surface area contributed by atoms with Crippen LogP contribution in [-0.2, 0) is 0 Å². The van der Waals surface area contributed by atoms with Gasteiger partial charge in [0, 0.05) is 0 Å². The van der Waals surface area contributed by atoms with Gasteiger partial charge in [-0.05, 0) is 11.6 Å². The fourth-order valence-electron chi connectivity index (χ4n) is 0.278. The molecular formula is C6H9P. The van der Waals surface area contributed by atoms with Gasteiger partial charge in [-0.3, -0.25) is 0 Å². The molecule has 38 valence electrons. The summed E-state index contributed by atoms with van der Waals surface area (Å²) in [5.74, 6) is 4.31. The summed E-state index contributed by atoms with van der Waals surface area (Å²) in [4.78, 5) is 0. The quantitative estimate of drug-likeness (QED) is 0.452. The minimum Gasteiger partial charge on any atom is -0.140 e. The molecule has 0 unspecified atom stereocenters. The van der Waals surface area contributed by atoms with Crippen molar-refractivity contribution in [1.29, 1.82) is 0 Å². The molecule has 0 saturated heterocycles. The van der Waals surface area contributed by atoms with E-state index in [2.05, 4.69) is 36.9 Å². The summed E-state index contributed by atoms with van der Waals surface area (Å²) < 4.78 is 0. The molecule has 1 aromatic rings. The average molecular weight is 112 g/mol. The van der Waals surface area contributed by atoms with Crippen LogP contribution in [0.15, 0.2) is 36.9 Å². The van der Waals surface area contributed by atoms with E-state index in [0.717, 1.165) is 8.19 Å². The third kappa shape index (κ3) is 3.35. The van der Waals surface area contributed by atoms with E-state index in [1.165, 1.54) is 0 Å². The molecule has 1 aromatic heterocycles. The van der Waals surface area contributed by atoms with E-state index in [-0.39, 0.29) is 0 Å². The zero-order valence-electron chi connectivity index (χ0n) is 4.22. The van der Waals surface area contributed by atoms with Gasteiger partial charge in [0.15, 0.2) is 0 Å². The van der Waals surface area contributed by atoms with E-state index in [4.69, 9.17) is 0 Å². The normalized spacial score (nSPS) is 6.29. The average Bonchev–Trinajstić information content (AvgIpc) is 2.23. The summed E-state index contributed by atoms with van der Waals surface area (Å²) in [5, 5.41) is 0. The Hall–Kier alpha value is -0.480. The second-order valence-corrected chi connectivity index (χ2v) is 1.88. The fraction of sp³-hybridized carbons (Fsp3) is 0. The van der Waals surface area contributed by atoms with Crippen molar-refractivity contribution in [2.75, 3.05) is 0 Å². The van der Waals surface area contributed by atoms with Gasteiger partial charge >= 0.3 is 0 Å². The third-order valence-corrected chi connectivity index (χ3v) is 1.27. The van der Waals surface area contributed by atoms with Gasteiger partial charge in [0.2, 0.25) is 0 Å². The molecule has 0 spiro atoms. The van der Waals surface area contributed by atoms with Crippen LogP contribution in [0.4, 0.5) is 0 Å². The van der Waals surface area contributed by atoms with Crippen LogP contribution in [0.1, 0.15) is 0 Å². The molecule has 0 aliphatic carbocycles. The van der Waals surface area contributed by atoms with Gasteiger partial charge in [-0.25, -0.2) is 0 Å². The molecule has 0 nitrogen and oxygen atoms in total. The van der Waals surface area contributed by atoms with Crippen LogP contribution in [0.2, 0.25) is 0 Å². The molecule has 0 aliphatic rings. The monoisotopic (exact) mass is 112 g/mol. The highest BCUT2D eigenvalue weighted by molar-refractivity contribution is 7.28. The summed E-state index contributed by atoms with van der Waals surface area (Å²) in [6, 6.07) is 4.14. The van der Waals surface area contributed by atoms with Crippen LogP contribution in [0.5, 0.6) is 0 Å². The largest absolute Gasteiger partial charge is 0.140 e. The van der Waals surface area contributed by atoms with Crippen molar-refractivity contribution in [3.63, 3.8) is 0 Å². The highest BCUT2D eigenvalue weighted by atomic mass is 31.0. The lowest BCUT2D eigenvalue weighted by atomic mass is 10.7. The van der Waals surface area contributed by atoms with Crippen LogP contribution in [0.3, 0.4) is 0 Å². The van der Waals surface area contributed by atoms with Crippen LogP contribution < -0.4 is 0 Å². The van der Waals surface area contributed by atoms with Crippen molar-refractivity contribution in [3.05, 3.63) is 36.9 Å². The van der Waals surface area contributed by atoms with Crippen molar-refractivity contribution in [2.45, 2.75) is 0 Å². The molecule has 0 aromatic carbocycles. The zero-order valence-corrected chi connectivity index (χ0v) is 5.22. The lowest BCUT2D eigenvalue weighted by Crippen LogP contribution is -1.16. The maximum atomic E-state index is 3.00. The standard InChI is InChI=1S/C4H5P.C2H4/c1-2-4-5-3-1;1-2/h1-5H;1-2H2. The molecule has 1 heteroatoms. The minimum atomic E-state index is 0.948. The molecule has 0 N–H and O–H groups in total. The molecule has 0 bridgehead atoms. The van der Waals surface area contributed by atoms with E-state index >= 15 is 0 Å². The van der Waals surface area contributed by atoms with Gasteiger partial charge in [0.05, 0.1) is 0 Å². The molecule has 1 heterocycles. The summed E-state index contributed by atoms with van der Waals surface area (Å²) in [5.41, 5.74) is 0. The summed E-state index contributed by atoms with van der Waals surface area (Å²) >= 11 is 0. The topological polar surface area (TPSA) is 0 Å². The van der Waals surface area contributed by atoms with E-state index < -0.39 is 0 Å². The second-order valence-electron chi connectivity index (χ2n) is 0.885. The highest BCUT2D eigenvalue weighted by Crippen LogP contribution is 1.99. The van der Waals surface area contributed by atoms with Crippen molar-refractivity contribution in [2.24, 2.45) is 0 Å². The molecule has 0 amide bonds. The van der Waals surface area contributed by atoms with Gasteiger partial charge < -0.3 is 0 Å². The number of rotatable bonds is 0. The smallest absolute Gasteiger partial charge is 0.0454 e. The lowest BCUT2D eigenvalue weighted by Gasteiger charge is -1.41. The zero-order chi connectivity index (χ0) is 5.54. The van der Waals surface area contributed by atoms with Crippen molar-refractivity contribution in [1.82, 2.24) is 0 Å². The van der Waals surface area contributed by atoms with E-state index in [1.54, 1.807) is 0 Å². The molecule has 0 fully saturated rings. The Kier molecular flexibility index (Phi) is 5.14. The Morgan fingerprint density at radius 1 is 1.00 bits per heavy atom. The van der Waals surface area contributed by atoms with Gasteiger partial charge in [-0.15, -0.1) is 21.4 Å². The van der Waals surface area contributed by atoms with Gasteiger partial charge in [-0.2, -0.15) is 0 Å². The van der Waals surface area contributed by atoms with Gasteiger partial charge in [0.25, 0.3) is 0 Å². The lowest BCUT2D eigenvalue weighted by molar-refractivity contribution is 2.03. The summed E-state index contributed by atoms with van der Waals surface area (Å²) in [6.07, 6.45) is 0. The van der Waals surface area contributed by atoms with Crippen LogP contribution >= 0.6 is 8.19 Å².